The van der Waals surface area contributed by atoms with Gasteiger partial charge in [0.25, 0.3) is 5.92 Å². The molecule has 1 fully saturated rings. The van der Waals surface area contributed by atoms with Crippen LogP contribution in [0.2, 0.25) is 0 Å². The Hall–Kier alpha value is -1.34. The Bertz CT molecular complexity index is 548. The molecule has 1 aromatic rings. The number of benzene rings is 1. The lowest BCUT2D eigenvalue weighted by Gasteiger charge is -2.36. The van der Waals surface area contributed by atoms with Gasteiger partial charge in [0.05, 0.1) is 6.61 Å². The van der Waals surface area contributed by atoms with Gasteiger partial charge in [0.2, 0.25) is 0 Å². The van der Waals surface area contributed by atoms with Crippen molar-refractivity contribution in [3.05, 3.63) is 29.6 Å². The summed E-state index contributed by atoms with van der Waals surface area (Å²) in [6.45, 7) is 2.36. The molecular weight excluding hydrogens is 289 g/mol. The van der Waals surface area contributed by atoms with Crippen molar-refractivity contribution in [3.63, 3.8) is 0 Å². The van der Waals surface area contributed by atoms with Gasteiger partial charge in [0, 0.05) is 11.3 Å². The third kappa shape index (κ3) is 2.47. The maximum Gasteiger partial charge on any atom is 0.299 e. The smallest absolute Gasteiger partial charge is 0.299 e. The van der Waals surface area contributed by atoms with Crippen molar-refractivity contribution in [3.8, 4) is 0 Å². The zero-order chi connectivity index (χ0) is 15.1. The normalized spacial score (nSPS) is 24.9. The molecule has 0 spiro atoms. The molecule has 2 rings (SSSR count). The van der Waals surface area contributed by atoms with Gasteiger partial charge < -0.3 is 15.8 Å². The zero-order valence-corrected chi connectivity index (χ0v) is 11.9. The molecule has 20 heavy (non-hydrogen) atoms. The maximum absolute atomic E-state index is 14.6. The first-order valence-electron chi connectivity index (χ1n) is 6.01. The van der Waals surface area contributed by atoms with Crippen molar-refractivity contribution >= 4 is 22.9 Å². The van der Waals surface area contributed by atoms with Crippen LogP contribution in [0, 0.1) is 5.82 Å². The lowest BCUT2D eigenvalue weighted by atomic mass is 9.89. The molecule has 0 saturated carbocycles. The Labute approximate surface area is 120 Å². The van der Waals surface area contributed by atoms with Crippen LogP contribution in [0.1, 0.15) is 25.5 Å². The molecule has 1 unspecified atom stereocenters. The summed E-state index contributed by atoms with van der Waals surface area (Å²) in [7, 11) is 0. The van der Waals surface area contributed by atoms with Crippen molar-refractivity contribution in [2.45, 2.75) is 31.4 Å². The van der Waals surface area contributed by atoms with Crippen LogP contribution in [0.5, 0.6) is 0 Å². The molecule has 3 N–H and O–H groups in total. The average molecular weight is 304 g/mol. The van der Waals surface area contributed by atoms with Gasteiger partial charge in [-0.2, -0.15) is 0 Å². The summed E-state index contributed by atoms with van der Waals surface area (Å²) < 4.78 is 48.3. The second-order valence-corrected chi connectivity index (χ2v) is 5.70. The van der Waals surface area contributed by atoms with Crippen molar-refractivity contribution in [2.75, 3.05) is 12.3 Å². The van der Waals surface area contributed by atoms with E-state index in [2.05, 4.69) is 5.32 Å². The average Bonchev–Trinajstić information content (AvgIpc) is 2.43. The predicted octanol–water partition coefficient (Wildman–Crippen LogP) is 2.81. The van der Waals surface area contributed by atoms with Crippen LogP contribution in [-0.4, -0.2) is 23.1 Å². The summed E-state index contributed by atoms with van der Waals surface area (Å²) in [4.78, 5) is 0.0991. The minimum absolute atomic E-state index is 0.0991. The number of anilines is 1. The van der Waals surface area contributed by atoms with Crippen molar-refractivity contribution in [1.29, 1.82) is 0 Å². The number of nitrogen functional groups attached to an aromatic ring is 1. The van der Waals surface area contributed by atoms with E-state index >= 15 is 0 Å². The first-order chi connectivity index (χ1) is 9.15. The van der Waals surface area contributed by atoms with E-state index in [0.29, 0.717) is 0 Å². The van der Waals surface area contributed by atoms with Crippen LogP contribution in [-0.2, 0) is 4.74 Å². The van der Waals surface area contributed by atoms with E-state index < -0.39 is 23.4 Å². The highest BCUT2D eigenvalue weighted by Gasteiger charge is 2.56. The summed E-state index contributed by atoms with van der Waals surface area (Å²) in [5.74, 6) is -4.14. The molecule has 1 aliphatic rings. The molecule has 1 aliphatic heterocycles. The van der Waals surface area contributed by atoms with Crippen molar-refractivity contribution in [2.24, 2.45) is 0 Å². The van der Waals surface area contributed by atoms with Crippen molar-refractivity contribution in [1.82, 2.24) is 5.32 Å². The molecule has 1 saturated heterocycles. The van der Waals surface area contributed by atoms with E-state index in [1.807, 2.05) is 0 Å². The van der Waals surface area contributed by atoms with Crippen LogP contribution >= 0.6 is 12.2 Å². The monoisotopic (exact) mass is 304 g/mol. The minimum atomic E-state index is -3.37. The van der Waals surface area contributed by atoms with Gasteiger partial charge >= 0.3 is 0 Å². The molecule has 0 aromatic heterocycles. The van der Waals surface area contributed by atoms with Gasteiger partial charge in [-0.3, -0.25) is 0 Å². The second kappa shape index (κ2) is 4.89. The predicted molar refractivity (Wildman–Crippen MR) is 74.3 cm³/mol. The first-order valence-corrected chi connectivity index (χ1v) is 6.42. The van der Waals surface area contributed by atoms with Crippen LogP contribution in [0.3, 0.4) is 0 Å². The van der Waals surface area contributed by atoms with Crippen LogP contribution in [0.4, 0.5) is 18.9 Å². The minimum Gasteiger partial charge on any atom is -0.399 e. The van der Waals surface area contributed by atoms with E-state index in [9.17, 15) is 13.2 Å². The standard InChI is InChI=1S/C13H15F3N2OS/c1-12(2)13(15,16)11(18-10(20)6-19-12)8-5-7(17)3-4-9(8)14/h3-5,11H,6,17H2,1-2H3,(H,18,20). The summed E-state index contributed by atoms with van der Waals surface area (Å²) >= 11 is 4.93. The van der Waals surface area contributed by atoms with Gasteiger partial charge in [-0.1, -0.05) is 12.2 Å². The molecule has 1 heterocycles. The van der Waals surface area contributed by atoms with E-state index in [1.165, 1.54) is 26.0 Å². The summed E-state index contributed by atoms with van der Waals surface area (Å²) in [5, 5.41) is 2.47. The van der Waals surface area contributed by atoms with Crippen molar-refractivity contribution < 1.29 is 17.9 Å². The first kappa shape index (κ1) is 15.1. The van der Waals surface area contributed by atoms with Gasteiger partial charge in [-0.15, -0.1) is 0 Å². The Morgan fingerprint density at radius 2 is 2.05 bits per heavy atom. The highest BCUT2D eigenvalue weighted by atomic mass is 32.1. The second-order valence-electron chi connectivity index (χ2n) is 5.20. The number of hydrogen-bond acceptors (Lipinski definition) is 3. The Morgan fingerprint density at radius 1 is 1.40 bits per heavy atom. The molecule has 110 valence electrons. The molecule has 1 atom stereocenters. The summed E-state index contributed by atoms with van der Waals surface area (Å²) in [6.07, 6.45) is 0. The van der Waals surface area contributed by atoms with Gasteiger partial charge in [0.15, 0.2) is 0 Å². The molecule has 0 bridgehead atoms. The highest BCUT2D eigenvalue weighted by Crippen LogP contribution is 2.44. The van der Waals surface area contributed by atoms with E-state index in [-0.39, 0.29) is 22.8 Å². The fourth-order valence-electron chi connectivity index (χ4n) is 2.04. The Morgan fingerprint density at radius 3 is 2.70 bits per heavy atom. The number of rotatable bonds is 1. The number of halogens is 3. The highest BCUT2D eigenvalue weighted by molar-refractivity contribution is 7.80. The number of nitrogens with one attached hydrogen (secondary N) is 1. The number of thiocarbonyl (C=S) groups is 1. The van der Waals surface area contributed by atoms with Crippen LogP contribution < -0.4 is 11.1 Å². The molecule has 0 radical (unpaired) electrons. The molecule has 1 aromatic carbocycles. The maximum atomic E-state index is 14.6. The Balaban J connectivity index is 2.56. The molecule has 7 heteroatoms. The fourth-order valence-corrected chi connectivity index (χ4v) is 2.22. The summed E-state index contributed by atoms with van der Waals surface area (Å²) in [5.41, 5.74) is 3.75. The third-order valence-electron chi connectivity index (χ3n) is 3.37. The lowest BCUT2D eigenvalue weighted by Crippen LogP contribution is -2.51. The van der Waals surface area contributed by atoms with E-state index in [0.717, 1.165) is 6.07 Å². The molecular formula is C13H15F3N2OS. The SMILES string of the molecule is CC1(C)OCC(=S)NC(c2cc(N)ccc2F)C1(F)F. The van der Waals surface area contributed by atoms with Gasteiger partial charge in [0.1, 0.15) is 22.4 Å². The lowest BCUT2D eigenvalue weighted by molar-refractivity contribution is -0.192. The Kier molecular flexibility index (Phi) is 3.68. The number of nitrogens with two attached hydrogens (primary N) is 1. The number of ether oxygens (including phenoxy) is 1. The molecule has 3 nitrogen and oxygen atoms in total. The summed E-state index contributed by atoms with van der Waals surface area (Å²) in [6, 6.07) is 1.93. The largest absolute Gasteiger partial charge is 0.399 e. The third-order valence-corrected chi connectivity index (χ3v) is 3.60. The zero-order valence-electron chi connectivity index (χ0n) is 11.0. The van der Waals surface area contributed by atoms with Gasteiger partial charge in [-0.25, -0.2) is 13.2 Å². The van der Waals surface area contributed by atoms with E-state index in [4.69, 9.17) is 22.7 Å². The topological polar surface area (TPSA) is 47.3 Å². The van der Waals surface area contributed by atoms with Crippen LogP contribution in [0.25, 0.3) is 0 Å². The quantitative estimate of drug-likeness (QED) is 0.619. The molecule has 0 amide bonds. The van der Waals surface area contributed by atoms with Gasteiger partial charge in [-0.05, 0) is 32.0 Å². The van der Waals surface area contributed by atoms with Crippen LogP contribution in [0.15, 0.2) is 18.2 Å². The van der Waals surface area contributed by atoms with E-state index in [1.54, 1.807) is 0 Å². The number of alkyl halides is 2. The fraction of sp³-hybridized carbons (Fsp3) is 0.462. The molecule has 0 aliphatic carbocycles. The number of hydrogen-bond donors (Lipinski definition) is 2.